The van der Waals surface area contributed by atoms with E-state index >= 15 is 0 Å². The fourth-order valence-corrected chi connectivity index (χ4v) is 2.34. The van der Waals surface area contributed by atoms with Gasteiger partial charge in [0.05, 0.1) is 13.2 Å². The summed E-state index contributed by atoms with van der Waals surface area (Å²) in [4.78, 5) is 0. The van der Waals surface area contributed by atoms with Gasteiger partial charge in [0.15, 0.2) is 0 Å². The van der Waals surface area contributed by atoms with Crippen molar-refractivity contribution in [3.8, 4) is 11.5 Å². The lowest BCUT2D eigenvalue weighted by atomic mass is 10.00. The highest BCUT2D eigenvalue weighted by Crippen LogP contribution is 2.31. The molecule has 3 nitrogen and oxygen atoms in total. The molecule has 0 saturated heterocycles. The SMILES string of the molecule is COc1cc(C(O)c2cccc(OC3CC3)c2)ccc1C. The molecule has 0 heterocycles. The first-order chi connectivity index (χ1) is 10.2. The van der Waals surface area contributed by atoms with Crippen molar-refractivity contribution in [3.05, 3.63) is 59.2 Å². The largest absolute Gasteiger partial charge is 0.496 e. The average Bonchev–Trinajstić information content (AvgIpc) is 3.31. The van der Waals surface area contributed by atoms with Crippen molar-refractivity contribution in [1.82, 2.24) is 0 Å². The number of benzene rings is 2. The van der Waals surface area contributed by atoms with E-state index in [1.807, 2.05) is 49.4 Å². The molecule has 1 saturated carbocycles. The van der Waals surface area contributed by atoms with E-state index in [0.717, 1.165) is 41.0 Å². The minimum Gasteiger partial charge on any atom is -0.496 e. The van der Waals surface area contributed by atoms with Crippen molar-refractivity contribution in [2.24, 2.45) is 0 Å². The molecule has 21 heavy (non-hydrogen) atoms. The molecule has 0 bridgehead atoms. The van der Waals surface area contributed by atoms with E-state index in [2.05, 4.69) is 0 Å². The zero-order valence-electron chi connectivity index (χ0n) is 12.4. The lowest BCUT2D eigenvalue weighted by molar-refractivity contribution is 0.218. The van der Waals surface area contributed by atoms with E-state index < -0.39 is 6.10 Å². The molecule has 0 aromatic heterocycles. The second-order valence-electron chi connectivity index (χ2n) is 5.52. The molecule has 1 unspecified atom stereocenters. The predicted molar refractivity (Wildman–Crippen MR) is 81.9 cm³/mol. The summed E-state index contributed by atoms with van der Waals surface area (Å²) in [7, 11) is 1.64. The Balaban J connectivity index is 1.85. The zero-order valence-corrected chi connectivity index (χ0v) is 12.4. The first-order valence-electron chi connectivity index (χ1n) is 7.26. The average molecular weight is 284 g/mol. The molecular weight excluding hydrogens is 264 g/mol. The third kappa shape index (κ3) is 3.19. The first-order valence-corrected chi connectivity index (χ1v) is 7.26. The van der Waals surface area contributed by atoms with Crippen LogP contribution in [0.3, 0.4) is 0 Å². The number of methoxy groups -OCH3 is 1. The fraction of sp³-hybridized carbons (Fsp3) is 0.333. The molecule has 2 aromatic carbocycles. The number of aliphatic hydroxyl groups is 1. The topological polar surface area (TPSA) is 38.7 Å². The van der Waals surface area contributed by atoms with Crippen molar-refractivity contribution in [2.75, 3.05) is 7.11 Å². The quantitative estimate of drug-likeness (QED) is 0.911. The van der Waals surface area contributed by atoms with Crippen molar-refractivity contribution in [3.63, 3.8) is 0 Å². The summed E-state index contributed by atoms with van der Waals surface area (Å²) < 4.78 is 11.1. The van der Waals surface area contributed by atoms with Gasteiger partial charge in [-0.05, 0) is 54.7 Å². The van der Waals surface area contributed by atoms with Gasteiger partial charge < -0.3 is 14.6 Å². The Bertz CT molecular complexity index is 632. The van der Waals surface area contributed by atoms with Crippen LogP contribution in [-0.4, -0.2) is 18.3 Å². The molecule has 0 radical (unpaired) electrons. The standard InChI is InChI=1S/C18H20O3/c1-12-6-7-14(11-17(12)20-2)18(19)13-4-3-5-16(10-13)21-15-8-9-15/h3-7,10-11,15,18-19H,8-9H2,1-2H3. The lowest BCUT2D eigenvalue weighted by Crippen LogP contribution is -2.02. The third-order valence-electron chi connectivity index (χ3n) is 3.75. The van der Waals surface area contributed by atoms with E-state index in [0.29, 0.717) is 6.10 Å². The molecule has 3 rings (SSSR count). The number of hydrogen-bond donors (Lipinski definition) is 1. The maximum Gasteiger partial charge on any atom is 0.122 e. The molecule has 1 atom stereocenters. The van der Waals surface area contributed by atoms with Crippen LogP contribution in [0.1, 0.15) is 35.6 Å². The molecule has 1 aliphatic rings. The van der Waals surface area contributed by atoms with Crippen LogP contribution >= 0.6 is 0 Å². The number of aliphatic hydroxyl groups excluding tert-OH is 1. The van der Waals surface area contributed by atoms with E-state index in [4.69, 9.17) is 9.47 Å². The van der Waals surface area contributed by atoms with Crippen molar-refractivity contribution >= 4 is 0 Å². The third-order valence-corrected chi connectivity index (χ3v) is 3.75. The van der Waals surface area contributed by atoms with Gasteiger partial charge in [0.2, 0.25) is 0 Å². The molecule has 3 heteroatoms. The Kier molecular flexibility index (Phi) is 3.84. The van der Waals surface area contributed by atoms with Crippen LogP contribution in [0.2, 0.25) is 0 Å². The monoisotopic (exact) mass is 284 g/mol. The summed E-state index contributed by atoms with van der Waals surface area (Å²) >= 11 is 0. The second-order valence-corrected chi connectivity index (χ2v) is 5.52. The normalized spacial score (nSPS) is 15.6. The molecule has 1 aliphatic carbocycles. The van der Waals surface area contributed by atoms with Crippen LogP contribution in [0.5, 0.6) is 11.5 Å². The van der Waals surface area contributed by atoms with Gasteiger partial charge in [-0.2, -0.15) is 0 Å². The summed E-state index contributed by atoms with van der Waals surface area (Å²) in [5, 5.41) is 10.6. The van der Waals surface area contributed by atoms with E-state index in [9.17, 15) is 5.11 Å². The Morgan fingerprint density at radius 1 is 1.10 bits per heavy atom. The van der Waals surface area contributed by atoms with Gasteiger partial charge in [0.25, 0.3) is 0 Å². The van der Waals surface area contributed by atoms with Gasteiger partial charge >= 0.3 is 0 Å². The molecule has 0 aliphatic heterocycles. The van der Waals surface area contributed by atoms with Crippen LogP contribution < -0.4 is 9.47 Å². The highest BCUT2D eigenvalue weighted by molar-refractivity contribution is 5.41. The zero-order chi connectivity index (χ0) is 14.8. The highest BCUT2D eigenvalue weighted by atomic mass is 16.5. The summed E-state index contributed by atoms with van der Waals surface area (Å²) in [5.74, 6) is 1.62. The Hall–Kier alpha value is -2.00. The van der Waals surface area contributed by atoms with Crippen LogP contribution in [0.15, 0.2) is 42.5 Å². The van der Waals surface area contributed by atoms with Crippen LogP contribution in [0, 0.1) is 6.92 Å². The Morgan fingerprint density at radius 3 is 2.57 bits per heavy atom. The van der Waals surface area contributed by atoms with Gasteiger partial charge in [0.1, 0.15) is 17.6 Å². The minimum atomic E-state index is -0.678. The lowest BCUT2D eigenvalue weighted by Gasteiger charge is -2.15. The van der Waals surface area contributed by atoms with Crippen LogP contribution in [-0.2, 0) is 0 Å². The number of hydrogen-bond acceptors (Lipinski definition) is 3. The van der Waals surface area contributed by atoms with E-state index in [1.54, 1.807) is 7.11 Å². The summed E-state index contributed by atoms with van der Waals surface area (Å²) in [5.41, 5.74) is 2.71. The molecule has 1 fully saturated rings. The predicted octanol–water partition coefficient (Wildman–Crippen LogP) is 3.63. The molecule has 1 N–H and O–H groups in total. The van der Waals surface area contributed by atoms with Gasteiger partial charge in [-0.3, -0.25) is 0 Å². The smallest absolute Gasteiger partial charge is 0.122 e. The molecule has 2 aromatic rings. The van der Waals surface area contributed by atoms with Crippen molar-refractivity contribution in [2.45, 2.75) is 32.0 Å². The van der Waals surface area contributed by atoms with Crippen LogP contribution in [0.25, 0.3) is 0 Å². The summed E-state index contributed by atoms with van der Waals surface area (Å²) in [6, 6.07) is 13.4. The van der Waals surface area contributed by atoms with Gasteiger partial charge in [-0.15, -0.1) is 0 Å². The maximum absolute atomic E-state index is 10.6. The molecule has 0 spiro atoms. The highest BCUT2D eigenvalue weighted by Gasteiger charge is 2.23. The molecule has 0 amide bonds. The Labute approximate surface area is 125 Å². The minimum absolute atomic E-state index is 0.358. The maximum atomic E-state index is 10.6. The van der Waals surface area contributed by atoms with E-state index in [1.165, 1.54) is 0 Å². The van der Waals surface area contributed by atoms with Gasteiger partial charge in [-0.25, -0.2) is 0 Å². The number of ether oxygens (including phenoxy) is 2. The number of rotatable bonds is 5. The van der Waals surface area contributed by atoms with E-state index in [-0.39, 0.29) is 0 Å². The Morgan fingerprint density at radius 2 is 1.86 bits per heavy atom. The van der Waals surface area contributed by atoms with Crippen LogP contribution in [0.4, 0.5) is 0 Å². The number of aryl methyl sites for hydroxylation is 1. The summed E-state index contributed by atoms with van der Waals surface area (Å²) in [6.07, 6.45) is 1.93. The fourth-order valence-electron chi connectivity index (χ4n) is 2.34. The second kappa shape index (κ2) is 5.78. The van der Waals surface area contributed by atoms with Gasteiger partial charge in [-0.1, -0.05) is 24.3 Å². The van der Waals surface area contributed by atoms with Crippen molar-refractivity contribution in [1.29, 1.82) is 0 Å². The molecular formula is C18H20O3. The van der Waals surface area contributed by atoms with Gasteiger partial charge in [0, 0.05) is 0 Å². The first kappa shape index (κ1) is 14.0. The van der Waals surface area contributed by atoms with Crippen molar-refractivity contribution < 1.29 is 14.6 Å². The summed E-state index contributed by atoms with van der Waals surface area (Å²) in [6.45, 7) is 1.99. The molecule has 110 valence electrons.